The number of ketones is 1. The first-order chi connectivity index (χ1) is 14.3. The van der Waals surface area contributed by atoms with Crippen molar-refractivity contribution in [3.8, 4) is 0 Å². The van der Waals surface area contributed by atoms with E-state index in [9.17, 15) is 18.0 Å². The summed E-state index contributed by atoms with van der Waals surface area (Å²) in [7, 11) is -3.57. The van der Waals surface area contributed by atoms with Gasteiger partial charge in [-0.3, -0.25) is 9.59 Å². The molecular formula is C23H28N2O4S. The Morgan fingerprint density at radius 1 is 0.867 bits per heavy atom. The van der Waals surface area contributed by atoms with Crippen LogP contribution in [0.4, 0.5) is 0 Å². The number of carbonyl (C=O) groups is 2. The van der Waals surface area contributed by atoms with Crippen LogP contribution in [-0.4, -0.2) is 55.5 Å². The minimum Gasteiger partial charge on any atom is -0.340 e. The summed E-state index contributed by atoms with van der Waals surface area (Å²) in [6.45, 7) is 5.31. The SMILES string of the molecule is CC(C)c1ccc(S(=O)(=O)N2CCN(C(=O)CCC(=O)c3ccccc3)CC2)cc1. The fraction of sp³-hybridized carbons (Fsp3) is 0.391. The van der Waals surface area contributed by atoms with Crippen molar-refractivity contribution in [1.82, 2.24) is 9.21 Å². The van der Waals surface area contributed by atoms with Crippen molar-refractivity contribution in [2.75, 3.05) is 26.2 Å². The Morgan fingerprint density at radius 3 is 2.03 bits per heavy atom. The smallest absolute Gasteiger partial charge is 0.243 e. The number of rotatable bonds is 7. The molecule has 160 valence electrons. The molecule has 2 aromatic rings. The van der Waals surface area contributed by atoms with E-state index in [0.717, 1.165) is 5.56 Å². The minimum absolute atomic E-state index is 0.0602. The van der Waals surface area contributed by atoms with E-state index >= 15 is 0 Å². The molecule has 0 aliphatic carbocycles. The summed E-state index contributed by atoms with van der Waals surface area (Å²) < 4.78 is 27.2. The second kappa shape index (κ2) is 9.53. The molecule has 0 bridgehead atoms. The number of amides is 1. The van der Waals surface area contributed by atoms with Crippen molar-refractivity contribution >= 4 is 21.7 Å². The number of hydrogen-bond acceptors (Lipinski definition) is 4. The van der Waals surface area contributed by atoms with E-state index in [1.165, 1.54) is 4.31 Å². The van der Waals surface area contributed by atoms with E-state index in [4.69, 9.17) is 0 Å². The average molecular weight is 429 g/mol. The van der Waals surface area contributed by atoms with E-state index < -0.39 is 10.0 Å². The maximum atomic E-state index is 12.9. The number of sulfonamides is 1. The van der Waals surface area contributed by atoms with Gasteiger partial charge in [-0.2, -0.15) is 4.31 Å². The number of benzene rings is 2. The fourth-order valence-electron chi connectivity index (χ4n) is 3.50. The maximum absolute atomic E-state index is 12.9. The van der Waals surface area contributed by atoms with Crippen LogP contribution in [0.15, 0.2) is 59.5 Å². The lowest BCUT2D eigenvalue weighted by Crippen LogP contribution is -2.50. The third-order valence-electron chi connectivity index (χ3n) is 5.44. The molecule has 0 aromatic heterocycles. The third-order valence-corrected chi connectivity index (χ3v) is 7.35. The average Bonchev–Trinajstić information content (AvgIpc) is 2.78. The Bertz CT molecular complexity index is 978. The monoisotopic (exact) mass is 428 g/mol. The van der Waals surface area contributed by atoms with Gasteiger partial charge in [-0.05, 0) is 23.6 Å². The lowest BCUT2D eigenvalue weighted by molar-refractivity contribution is -0.132. The molecule has 1 aliphatic heterocycles. The number of nitrogens with zero attached hydrogens (tertiary/aromatic N) is 2. The predicted molar refractivity (Wildman–Crippen MR) is 116 cm³/mol. The van der Waals surface area contributed by atoms with Crippen LogP contribution >= 0.6 is 0 Å². The van der Waals surface area contributed by atoms with E-state index in [-0.39, 0.29) is 42.5 Å². The van der Waals surface area contributed by atoms with Crippen LogP contribution in [0.25, 0.3) is 0 Å². The predicted octanol–water partition coefficient (Wildman–Crippen LogP) is 3.31. The van der Waals surface area contributed by atoms with Gasteiger partial charge in [0.2, 0.25) is 15.9 Å². The lowest BCUT2D eigenvalue weighted by Gasteiger charge is -2.34. The van der Waals surface area contributed by atoms with E-state index in [1.54, 1.807) is 41.3 Å². The van der Waals surface area contributed by atoms with Crippen molar-refractivity contribution in [1.29, 1.82) is 0 Å². The summed E-state index contributed by atoms with van der Waals surface area (Å²) >= 11 is 0. The molecule has 30 heavy (non-hydrogen) atoms. The Morgan fingerprint density at radius 2 is 1.47 bits per heavy atom. The first-order valence-corrected chi connectivity index (χ1v) is 11.7. The van der Waals surface area contributed by atoms with Gasteiger partial charge < -0.3 is 4.90 Å². The van der Waals surface area contributed by atoms with Gasteiger partial charge >= 0.3 is 0 Å². The van der Waals surface area contributed by atoms with Crippen LogP contribution < -0.4 is 0 Å². The summed E-state index contributed by atoms with van der Waals surface area (Å²) in [5.41, 5.74) is 1.69. The molecule has 0 unspecified atom stereocenters. The van der Waals surface area contributed by atoms with Gasteiger partial charge in [-0.25, -0.2) is 8.42 Å². The van der Waals surface area contributed by atoms with Crippen LogP contribution in [0.2, 0.25) is 0 Å². The van der Waals surface area contributed by atoms with Crippen molar-refractivity contribution in [2.24, 2.45) is 0 Å². The zero-order valence-corrected chi connectivity index (χ0v) is 18.3. The van der Waals surface area contributed by atoms with Crippen LogP contribution in [0.1, 0.15) is 48.5 Å². The second-order valence-electron chi connectivity index (χ2n) is 7.80. The largest absolute Gasteiger partial charge is 0.340 e. The van der Waals surface area contributed by atoms with Crippen LogP contribution in [0.5, 0.6) is 0 Å². The van der Waals surface area contributed by atoms with Crippen molar-refractivity contribution in [3.05, 3.63) is 65.7 Å². The molecule has 2 aromatic carbocycles. The molecule has 0 atom stereocenters. The van der Waals surface area contributed by atoms with Gasteiger partial charge in [0.15, 0.2) is 5.78 Å². The summed E-state index contributed by atoms with van der Waals surface area (Å²) in [4.78, 5) is 26.6. The lowest BCUT2D eigenvalue weighted by atomic mass is 10.0. The summed E-state index contributed by atoms with van der Waals surface area (Å²) in [6, 6.07) is 15.9. The Hall–Kier alpha value is -2.51. The van der Waals surface area contributed by atoms with Gasteiger partial charge in [0.05, 0.1) is 4.90 Å². The number of hydrogen-bond donors (Lipinski definition) is 0. The zero-order valence-electron chi connectivity index (χ0n) is 17.5. The van der Waals surface area contributed by atoms with Crippen LogP contribution in [0, 0.1) is 0 Å². The highest BCUT2D eigenvalue weighted by molar-refractivity contribution is 7.89. The van der Waals surface area contributed by atoms with Gasteiger partial charge in [0.1, 0.15) is 0 Å². The van der Waals surface area contributed by atoms with Crippen molar-refractivity contribution in [2.45, 2.75) is 37.5 Å². The Balaban J connectivity index is 1.53. The number of Topliss-reactive ketones (excluding diaryl/α,β-unsaturated/α-hetero) is 1. The molecule has 0 N–H and O–H groups in total. The van der Waals surface area contributed by atoms with E-state index in [1.807, 2.05) is 18.2 Å². The standard InChI is InChI=1S/C23H28N2O4S/c1-18(2)19-8-10-21(11-9-19)30(28,29)25-16-14-24(15-17-25)23(27)13-12-22(26)20-6-4-3-5-7-20/h3-11,18H,12-17H2,1-2H3. The molecule has 1 amide bonds. The van der Waals surface area contributed by atoms with Crippen molar-refractivity contribution < 1.29 is 18.0 Å². The maximum Gasteiger partial charge on any atom is 0.243 e. The molecule has 1 fully saturated rings. The second-order valence-corrected chi connectivity index (χ2v) is 9.74. The van der Waals surface area contributed by atoms with Gasteiger partial charge in [0, 0.05) is 44.6 Å². The number of carbonyl (C=O) groups excluding carboxylic acids is 2. The molecule has 1 heterocycles. The summed E-state index contributed by atoms with van der Waals surface area (Å²) in [5.74, 6) is 0.165. The Kier molecular flexibility index (Phi) is 7.05. The highest BCUT2D eigenvalue weighted by Crippen LogP contribution is 2.21. The minimum atomic E-state index is -3.57. The summed E-state index contributed by atoms with van der Waals surface area (Å²) in [5, 5.41) is 0. The molecule has 6 nitrogen and oxygen atoms in total. The van der Waals surface area contributed by atoms with E-state index in [2.05, 4.69) is 13.8 Å². The molecule has 0 spiro atoms. The molecule has 0 radical (unpaired) electrons. The molecule has 0 saturated carbocycles. The first kappa shape index (κ1) is 22.2. The molecule has 1 aliphatic rings. The van der Waals surface area contributed by atoms with Gasteiger partial charge in [-0.1, -0.05) is 56.3 Å². The van der Waals surface area contributed by atoms with Crippen LogP contribution in [0.3, 0.4) is 0 Å². The normalized spacial score (nSPS) is 15.4. The molecule has 1 saturated heterocycles. The number of piperazine rings is 1. The Labute approximate surface area is 178 Å². The quantitative estimate of drug-likeness (QED) is 0.634. The molecular weight excluding hydrogens is 400 g/mol. The fourth-order valence-corrected chi connectivity index (χ4v) is 4.92. The zero-order chi connectivity index (χ0) is 21.7. The van der Waals surface area contributed by atoms with Crippen molar-refractivity contribution in [3.63, 3.8) is 0 Å². The van der Waals surface area contributed by atoms with E-state index in [0.29, 0.717) is 24.6 Å². The summed E-state index contributed by atoms with van der Waals surface area (Å²) in [6.07, 6.45) is 0.292. The van der Waals surface area contributed by atoms with Gasteiger partial charge in [0.25, 0.3) is 0 Å². The highest BCUT2D eigenvalue weighted by atomic mass is 32.2. The van der Waals surface area contributed by atoms with Crippen LogP contribution in [-0.2, 0) is 14.8 Å². The topological polar surface area (TPSA) is 74.8 Å². The highest BCUT2D eigenvalue weighted by Gasteiger charge is 2.30. The molecule has 7 heteroatoms. The van der Waals surface area contributed by atoms with Gasteiger partial charge in [-0.15, -0.1) is 0 Å². The molecule has 3 rings (SSSR count). The third kappa shape index (κ3) is 5.15. The first-order valence-electron chi connectivity index (χ1n) is 10.2.